The lowest BCUT2D eigenvalue weighted by molar-refractivity contribution is 0.0597. The van der Waals surface area contributed by atoms with Crippen LogP contribution >= 0.6 is 0 Å². The van der Waals surface area contributed by atoms with Crippen LogP contribution in [-0.4, -0.2) is 39.7 Å². The molecule has 0 radical (unpaired) electrons. The highest BCUT2D eigenvalue weighted by Gasteiger charge is 2.24. The number of hydrogen-bond acceptors (Lipinski definition) is 5. The van der Waals surface area contributed by atoms with Crippen LogP contribution in [0.15, 0.2) is 30.7 Å². The van der Waals surface area contributed by atoms with Crippen molar-refractivity contribution in [2.75, 3.05) is 19.5 Å². The summed E-state index contributed by atoms with van der Waals surface area (Å²) in [6, 6.07) is 3.72. The lowest BCUT2D eigenvalue weighted by Crippen LogP contribution is -2.08. The number of aromatic nitrogens is 4. The molecule has 0 spiro atoms. The average molecular weight is 353 g/mol. The van der Waals surface area contributed by atoms with Crippen molar-refractivity contribution in [3.8, 4) is 11.1 Å². The van der Waals surface area contributed by atoms with Gasteiger partial charge in [0.05, 0.1) is 25.0 Å². The van der Waals surface area contributed by atoms with Crippen molar-refractivity contribution >= 4 is 28.3 Å². The number of benzene rings is 1. The van der Waals surface area contributed by atoms with Crippen molar-refractivity contribution in [1.29, 1.82) is 0 Å². The predicted octanol–water partition coefficient (Wildman–Crippen LogP) is 3.15. The van der Waals surface area contributed by atoms with E-state index in [-0.39, 0.29) is 5.56 Å². The van der Waals surface area contributed by atoms with E-state index in [0.717, 1.165) is 17.0 Å². The molecular formula is C18H16FN5O2. The van der Waals surface area contributed by atoms with Crippen LogP contribution in [0, 0.1) is 12.7 Å². The van der Waals surface area contributed by atoms with E-state index in [1.807, 2.05) is 28.9 Å². The largest absolute Gasteiger partial charge is 0.465 e. The van der Waals surface area contributed by atoms with Crippen molar-refractivity contribution < 1.29 is 13.9 Å². The fraction of sp³-hybridized carbons (Fsp3) is 0.167. The molecule has 132 valence electrons. The minimum absolute atomic E-state index is 0.137. The van der Waals surface area contributed by atoms with Crippen LogP contribution in [0.4, 0.5) is 10.2 Å². The maximum atomic E-state index is 15.0. The number of methoxy groups -OCH3 is 1. The first kappa shape index (κ1) is 16.1. The Morgan fingerprint density at radius 3 is 2.88 bits per heavy atom. The molecule has 0 saturated carbocycles. The molecule has 4 aromatic rings. The fourth-order valence-electron chi connectivity index (χ4n) is 3.20. The maximum absolute atomic E-state index is 15.0. The molecule has 26 heavy (non-hydrogen) atoms. The second-order valence-corrected chi connectivity index (χ2v) is 5.90. The molecule has 0 saturated heterocycles. The first-order chi connectivity index (χ1) is 12.5. The van der Waals surface area contributed by atoms with Crippen molar-refractivity contribution in [1.82, 2.24) is 19.6 Å². The molecule has 3 heterocycles. The molecule has 0 fully saturated rings. The van der Waals surface area contributed by atoms with Crippen LogP contribution in [0.25, 0.3) is 27.7 Å². The summed E-state index contributed by atoms with van der Waals surface area (Å²) in [5.41, 5.74) is 2.76. The highest BCUT2D eigenvalue weighted by Crippen LogP contribution is 2.36. The number of aromatic amines is 1. The smallest absolute Gasteiger partial charge is 0.343 e. The molecule has 8 heteroatoms. The normalized spacial score (nSPS) is 11.2. The van der Waals surface area contributed by atoms with E-state index in [1.165, 1.54) is 7.11 Å². The number of ether oxygens (including phenoxy) is 1. The van der Waals surface area contributed by atoms with Crippen LogP contribution in [0.2, 0.25) is 0 Å². The van der Waals surface area contributed by atoms with Crippen molar-refractivity contribution in [2.24, 2.45) is 0 Å². The van der Waals surface area contributed by atoms with Crippen molar-refractivity contribution in [2.45, 2.75) is 6.92 Å². The number of rotatable bonds is 3. The molecule has 0 aliphatic heterocycles. The Kier molecular flexibility index (Phi) is 3.61. The van der Waals surface area contributed by atoms with Gasteiger partial charge in [0.25, 0.3) is 0 Å². The van der Waals surface area contributed by atoms with E-state index in [4.69, 9.17) is 4.74 Å². The van der Waals surface area contributed by atoms with Gasteiger partial charge in [-0.1, -0.05) is 0 Å². The third-order valence-electron chi connectivity index (χ3n) is 4.47. The summed E-state index contributed by atoms with van der Waals surface area (Å²) in [5, 5.41) is 10.4. The molecule has 3 aromatic heterocycles. The number of halogens is 1. The van der Waals surface area contributed by atoms with Gasteiger partial charge < -0.3 is 14.5 Å². The molecule has 0 aliphatic rings. The van der Waals surface area contributed by atoms with Gasteiger partial charge in [0.1, 0.15) is 22.8 Å². The summed E-state index contributed by atoms with van der Waals surface area (Å²) < 4.78 is 21.6. The van der Waals surface area contributed by atoms with E-state index in [0.29, 0.717) is 22.0 Å². The quantitative estimate of drug-likeness (QED) is 0.553. The Balaban J connectivity index is 2.02. The number of H-pyrrole nitrogens is 1. The van der Waals surface area contributed by atoms with Gasteiger partial charge in [0.15, 0.2) is 0 Å². The van der Waals surface area contributed by atoms with Gasteiger partial charge in [-0.3, -0.25) is 5.10 Å². The Morgan fingerprint density at radius 1 is 1.35 bits per heavy atom. The zero-order chi connectivity index (χ0) is 18.4. The van der Waals surface area contributed by atoms with Gasteiger partial charge in [-0.05, 0) is 30.2 Å². The molecule has 4 rings (SSSR count). The molecular weight excluding hydrogens is 337 g/mol. The van der Waals surface area contributed by atoms with Crippen molar-refractivity contribution in [3.63, 3.8) is 0 Å². The lowest BCUT2D eigenvalue weighted by Gasteiger charge is -2.13. The predicted molar refractivity (Wildman–Crippen MR) is 95.9 cm³/mol. The highest BCUT2D eigenvalue weighted by molar-refractivity contribution is 6.08. The number of nitrogens with one attached hydrogen (secondary N) is 2. The second kappa shape index (κ2) is 5.83. The SMILES string of the molecule is CNc1cn2cc(-c3c(C)c(F)c(C(=O)OC)c4[nH]ncc34)ccc2n1. The van der Waals surface area contributed by atoms with Gasteiger partial charge in [-0.25, -0.2) is 14.2 Å². The molecule has 0 amide bonds. The lowest BCUT2D eigenvalue weighted by atomic mass is 9.94. The summed E-state index contributed by atoms with van der Waals surface area (Å²) >= 11 is 0. The molecule has 0 unspecified atom stereocenters. The number of fused-ring (bicyclic) bond motifs is 2. The Hall–Kier alpha value is -3.42. The van der Waals surface area contributed by atoms with Gasteiger partial charge in [0.2, 0.25) is 0 Å². The molecule has 1 aromatic carbocycles. The molecule has 0 aliphatic carbocycles. The third kappa shape index (κ3) is 2.22. The van der Waals surface area contributed by atoms with E-state index in [9.17, 15) is 9.18 Å². The van der Waals surface area contributed by atoms with Gasteiger partial charge >= 0.3 is 5.97 Å². The van der Waals surface area contributed by atoms with Crippen LogP contribution in [0.5, 0.6) is 0 Å². The summed E-state index contributed by atoms with van der Waals surface area (Å²) in [5.74, 6) is -0.625. The number of carbonyl (C=O) groups excluding carboxylic acids is 1. The van der Waals surface area contributed by atoms with E-state index in [2.05, 4.69) is 20.5 Å². The van der Waals surface area contributed by atoms with Crippen molar-refractivity contribution in [3.05, 3.63) is 47.7 Å². The van der Waals surface area contributed by atoms with E-state index < -0.39 is 11.8 Å². The summed E-state index contributed by atoms with van der Waals surface area (Å²) in [4.78, 5) is 16.4. The number of carbonyl (C=O) groups is 1. The second-order valence-electron chi connectivity index (χ2n) is 5.90. The van der Waals surface area contributed by atoms with E-state index in [1.54, 1.807) is 20.2 Å². The van der Waals surface area contributed by atoms with Crippen LogP contribution in [-0.2, 0) is 4.74 Å². The van der Waals surface area contributed by atoms with Crippen LogP contribution in [0.1, 0.15) is 15.9 Å². The molecule has 0 atom stereocenters. The highest BCUT2D eigenvalue weighted by atomic mass is 19.1. The fourth-order valence-corrected chi connectivity index (χ4v) is 3.20. The number of imidazole rings is 1. The standard InChI is InChI=1S/C18H16FN5O2/c1-9-14(10-4-5-13-22-12(20-2)8-24(13)7-10)11-6-21-23-17(11)15(16(9)19)18(25)26-3/h4-8,20H,1-3H3,(H,21,23). The average Bonchev–Trinajstić information content (AvgIpc) is 3.28. The zero-order valence-corrected chi connectivity index (χ0v) is 14.4. The monoisotopic (exact) mass is 353 g/mol. The summed E-state index contributed by atoms with van der Waals surface area (Å²) in [6.07, 6.45) is 5.30. The minimum atomic E-state index is -0.741. The maximum Gasteiger partial charge on any atom is 0.343 e. The zero-order valence-electron chi connectivity index (χ0n) is 14.4. The summed E-state index contributed by atoms with van der Waals surface area (Å²) in [6.45, 7) is 1.64. The van der Waals surface area contributed by atoms with E-state index >= 15 is 0 Å². The van der Waals surface area contributed by atoms with Gasteiger partial charge in [-0.2, -0.15) is 5.10 Å². The summed E-state index contributed by atoms with van der Waals surface area (Å²) in [7, 11) is 3.02. The minimum Gasteiger partial charge on any atom is -0.465 e. The van der Waals surface area contributed by atoms with Gasteiger partial charge in [0, 0.05) is 24.2 Å². The topological polar surface area (TPSA) is 84.3 Å². The van der Waals surface area contributed by atoms with Gasteiger partial charge in [-0.15, -0.1) is 0 Å². The Labute approximate surface area is 147 Å². The third-order valence-corrected chi connectivity index (χ3v) is 4.47. The first-order valence-corrected chi connectivity index (χ1v) is 7.95. The number of pyridine rings is 1. The molecule has 0 bridgehead atoms. The first-order valence-electron chi connectivity index (χ1n) is 7.95. The number of anilines is 1. The molecule has 2 N–H and O–H groups in total. The van der Waals surface area contributed by atoms with Crippen LogP contribution in [0.3, 0.4) is 0 Å². The Morgan fingerprint density at radius 2 is 2.15 bits per heavy atom. The van der Waals surface area contributed by atoms with Crippen LogP contribution < -0.4 is 5.32 Å². The Bertz CT molecular complexity index is 1160. The number of esters is 1. The molecule has 7 nitrogen and oxygen atoms in total. The number of hydrogen-bond donors (Lipinski definition) is 2. The number of nitrogens with zero attached hydrogens (tertiary/aromatic N) is 3.